The lowest BCUT2D eigenvalue weighted by Crippen LogP contribution is -2.44. The number of carbonyl (C=O) groups is 2. The number of hydrogen-bond donors (Lipinski definition) is 2. The fraction of sp³-hybridized carbons (Fsp3) is 0.667. The molecule has 6 heteroatoms. The van der Waals surface area contributed by atoms with Crippen LogP contribution in [0.25, 0.3) is 0 Å². The van der Waals surface area contributed by atoms with Crippen molar-refractivity contribution in [2.45, 2.75) is 85.0 Å². The summed E-state index contributed by atoms with van der Waals surface area (Å²) in [7, 11) is 0. The molecule has 1 aromatic rings. The van der Waals surface area contributed by atoms with Gasteiger partial charge in [-0.15, -0.1) is 0 Å². The maximum absolute atomic E-state index is 12.5. The molecular formula is C24H37NO5. The van der Waals surface area contributed by atoms with Crippen LogP contribution in [0.1, 0.15) is 65.9 Å². The Morgan fingerprint density at radius 3 is 2.23 bits per heavy atom. The number of amides is 1. The first kappa shape index (κ1) is 24.2. The van der Waals surface area contributed by atoms with Crippen LogP contribution in [0, 0.1) is 11.3 Å². The molecular weight excluding hydrogens is 382 g/mol. The summed E-state index contributed by atoms with van der Waals surface area (Å²) < 4.78 is 11.0. The molecule has 0 aliphatic heterocycles. The highest BCUT2D eigenvalue weighted by molar-refractivity contribution is 5.81. The monoisotopic (exact) mass is 419 g/mol. The van der Waals surface area contributed by atoms with Gasteiger partial charge in [0, 0.05) is 19.1 Å². The Balaban J connectivity index is 1.82. The summed E-state index contributed by atoms with van der Waals surface area (Å²) in [5, 5.41) is 12.3. The summed E-state index contributed by atoms with van der Waals surface area (Å²) in [6.07, 6.45) is 3.15. The van der Waals surface area contributed by atoms with Gasteiger partial charge in [-0.05, 0) is 68.6 Å². The van der Waals surface area contributed by atoms with E-state index >= 15 is 0 Å². The summed E-state index contributed by atoms with van der Waals surface area (Å²) in [6, 6.07) is 7.36. The lowest BCUT2D eigenvalue weighted by Gasteiger charge is -2.37. The second-order valence-corrected chi connectivity index (χ2v) is 9.31. The molecule has 1 saturated carbocycles. The summed E-state index contributed by atoms with van der Waals surface area (Å²) in [6.45, 7) is 10.7. The summed E-state index contributed by atoms with van der Waals surface area (Å²) in [5.74, 6) is 0.224. The first-order chi connectivity index (χ1) is 14.1. The molecule has 30 heavy (non-hydrogen) atoms. The number of ether oxygens (including phenoxy) is 2. The summed E-state index contributed by atoms with van der Waals surface area (Å²) in [5.41, 5.74) is 1.17. The van der Waals surface area contributed by atoms with Crippen molar-refractivity contribution in [1.29, 1.82) is 0 Å². The smallest absolute Gasteiger partial charge is 0.333 e. The SMILES string of the molecule is CCO[C@H](Cc1ccc(OC(C)C(=O)NC2CCC(C(C)(C)C)CC2)cc1)C(=O)O. The molecule has 2 atom stereocenters. The van der Waals surface area contributed by atoms with Gasteiger partial charge in [0.1, 0.15) is 5.75 Å². The zero-order valence-electron chi connectivity index (χ0n) is 18.9. The van der Waals surface area contributed by atoms with Gasteiger partial charge in [0.05, 0.1) is 0 Å². The Bertz CT molecular complexity index is 687. The van der Waals surface area contributed by atoms with E-state index in [-0.39, 0.29) is 18.4 Å². The zero-order valence-corrected chi connectivity index (χ0v) is 18.9. The average molecular weight is 420 g/mol. The van der Waals surface area contributed by atoms with Crippen LogP contribution in [-0.4, -0.2) is 41.8 Å². The van der Waals surface area contributed by atoms with Crippen molar-refractivity contribution in [3.8, 4) is 5.75 Å². The first-order valence-corrected chi connectivity index (χ1v) is 11.0. The largest absolute Gasteiger partial charge is 0.481 e. The van der Waals surface area contributed by atoms with Gasteiger partial charge in [-0.3, -0.25) is 4.79 Å². The standard InChI is InChI=1S/C24H37NO5/c1-6-29-21(23(27)28)15-17-7-13-20(14-8-17)30-16(2)22(26)25-19-11-9-18(10-12-19)24(3,4)5/h7-8,13-14,16,18-19,21H,6,9-12,15H2,1-5H3,(H,25,26)(H,27,28)/t16?,18?,19?,21-/m1/s1. The molecule has 1 aromatic carbocycles. The third-order valence-electron chi connectivity index (χ3n) is 5.97. The Kier molecular flexibility index (Phi) is 8.71. The first-order valence-electron chi connectivity index (χ1n) is 11.0. The molecule has 0 saturated heterocycles. The molecule has 1 aliphatic carbocycles. The number of rotatable bonds is 9. The zero-order chi connectivity index (χ0) is 22.3. The van der Waals surface area contributed by atoms with Crippen LogP contribution in [0.4, 0.5) is 0 Å². The van der Waals surface area contributed by atoms with Gasteiger partial charge < -0.3 is 19.9 Å². The fourth-order valence-electron chi connectivity index (χ4n) is 4.02. The van der Waals surface area contributed by atoms with E-state index in [9.17, 15) is 14.7 Å². The van der Waals surface area contributed by atoms with Crippen molar-refractivity contribution in [3.05, 3.63) is 29.8 Å². The van der Waals surface area contributed by atoms with Crippen molar-refractivity contribution in [1.82, 2.24) is 5.32 Å². The molecule has 0 spiro atoms. The highest BCUT2D eigenvalue weighted by Crippen LogP contribution is 2.37. The van der Waals surface area contributed by atoms with E-state index in [1.165, 1.54) is 0 Å². The van der Waals surface area contributed by atoms with E-state index < -0.39 is 18.2 Å². The van der Waals surface area contributed by atoms with E-state index in [2.05, 4.69) is 26.1 Å². The Labute approximate surface area is 180 Å². The minimum absolute atomic E-state index is 0.0967. The van der Waals surface area contributed by atoms with Crippen LogP contribution in [0.2, 0.25) is 0 Å². The number of carboxylic acid groups (broad SMARTS) is 1. The maximum Gasteiger partial charge on any atom is 0.333 e. The van der Waals surface area contributed by atoms with Gasteiger partial charge in [-0.2, -0.15) is 0 Å². The Hall–Kier alpha value is -2.08. The fourth-order valence-corrected chi connectivity index (χ4v) is 4.02. The second-order valence-electron chi connectivity index (χ2n) is 9.31. The Morgan fingerprint density at radius 1 is 1.13 bits per heavy atom. The van der Waals surface area contributed by atoms with Crippen LogP contribution in [0.5, 0.6) is 5.75 Å². The third kappa shape index (κ3) is 7.31. The number of carbonyl (C=O) groups excluding carboxylic acids is 1. The molecule has 1 fully saturated rings. The average Bonchev–Trinajstić information content (AvgIpc) is 2.68. The number of benzene rings is 1. The maximum atomic E-state index is 12.5. The molecule has 1 amide bonds. The van der Waals surface area contributed by atoms with E-state index in [4.69, 9.17) is 9.47 Å². The van der Waals surface area contributed by atoms with Gasteiger partial charge >= 0.3 is 5.97 Å². The van der Waals surface area contributed by atoms with Crippen molar-refractivity contribution in [3.63, 3.8) is 0 Å². The van der Waals surface area contributed by atoms with Gasteiger partial charge in [0.25, 0.3) is 5.91 Å². The van der Waals surface area contributed by atoms with E-state index in [1.807, 2.05) is 12.1 Å². The third-order valence-corrected chi connectivity index (χ3v) is 5.97. The number of nitrogens with one attached hydrogen (secondary N) is 1. The molecule has 0 aromatic heterocycles. The molecule has 0 heterocycles. The van der Waals surface area contributed by atoms with Crippen molar-refractivity contribution >= 4 is 11.9 Å². The summed E-state index contributed by atoms with van der Waals surface area (Å²) in [4.78, 5) is 23.8. The van der Waals surface area contributed by atoms with Gasteiger partial charge in [-0.25, -0.2) is 4.79 Å². The molecule has 168 valence electrons. The minimum atomic E-state index is -0.973. The second kappa shape index (κ2) is 10.8. The van der Waals surface area contributed by atoms with Crippen LogP contribution in [-0.2, 0) is 20.7 Å². The molecule has 6 nitrogen and oxygen atoms in total. The van der Waals surface area contributed by atoms with E-state index in [0.29, 0.717) is 23.7 Å². The van der Waals surface area contributed by atoms with Crippen LogP contribution >= 0.6 is 0 Å². The highest BCUT2D eigenvalue weighted by atomic mass is 16.5. The molecule has 2 rings (SSSR count). The predicted octanol–water partition coefficient (Wildman–Crippen LogP) is 4.21. The molecule has 1 aliphatic rings. The Morgan fingerprint density at radius 2 is 1.73 bits per heavy atom. The van der Waals surface area contributed by atoms with Crippen LogP contribution < -0.4 is 10.1 Å². The quantitative estimate of drug-likeness (QED) is 0.626. The number of carboxylic acids is 1. The molecule has 0 radical (unpaired) electrons. The normalized spacial score (nSPS) is 21.5. The lowest BCUT2D eigenvalue weighted by molar-refractivity contribution is -0.150. The van der Waals surface area contributed by atoms with Crippen molar-refractivity contribution in [2.75, 3.05) is 6.61 Å². The molecule has 1 unspecified atom stereocenters. The summed E-state index contributed by atoms with van der Waals surface area (Å²) >= 11 is 0. The molecule has 0 bridgehead atoms. The number of hydrogen-bond acceptors (Lipinski definition) is 4. The van der Waals surface area contributed by atoms with Crippen LogP contribution in [0.3, 0.4) is 0 Å². The van der Waals surface area contributed by atoms with Crippen molar-refractivity contribution in [2.24, 2.45) is 11.3 Å². The minimum Gasteiger partial charge on any atom is -0.481 e. The topological polar surface area (TPSA) is 84.9 Å². The number of aliphatic carboxylic acids is 1. The van der Waals surface area contributed by atoms with E-state index in [1.54, 1.807) is 26.0 Å². The van der Waals surface area contributed by atoms with Gasteiger partial charge in [0.2, 0.25) is 0 Å². The van der Waals surface area contributed by atoms with Crippen molar-refractivity contribution < 1.29 is 24.2 Å². The van der Waals surface area contributed by atoms with Gasteiger partial charge in [0.15, 0.2) is 12.2 Å². The molecule has 2 N–H and O–H groups in total. The predicted molar refractivity (Wildman–Crippen MR) is 117 cm³/mol. The highest BCUT2D eigenvalue weighted by Gasteiger charge is 2.31. The van der Waals surface area contributed by atoms with E-state index in [0.717, 1.165) is 31.2 Å². The van der Waals surface area contributed by atoms with Gasteiger partial charge in [-0.1, -0.05) is 32.9 Å². The lowest BCUT2D eigenvalue weighted by atomic mass is 9.71. The van der Waals surface area contributed by atoms with Crippen LogP contribution in [0.15, 0.2) is 24.3 Å².